The van der Waals surface area contributed by atoms with Crippen LogP contribution in [0.2, 0.25) is 0 Å². The summed E-state index contributed by atoms with van der Waals surface area (Å²) >= 11 is 0. The zero-order valence-corrected chi connectivity index (χ0v) is 26.9. The van der Waals surface area contributed by atoms with Crippen molar-refractivity contribution in [3.63, 3.8) is 0 Å². The lowest BCUT2D eigenvalue weighted by molar-refractivity contribution is -0.152. The van der Waals surface area contributed by atoms with E-state index in [0.29, 0.717) is 36.8 Å². The number of carbonyl (C=O) groups is 6. The molecule has 6 rings (SSSR count). The van der Waals surface area contributed by atoms with E-state index < -0.39 is 84.3 Å². The van der Waals surface area contributed by atoms with E-state index in [1.165, 1.54) is 0 Å². The van der Waals surface area contributed by atoms with Gasteiger partial charge in [0.25, 0.3) is 0 Å². The van der Waals surface area contributed by atoms with Gasteiger partial charge in [0.2, 0.25) is 0 Å². The Bertz CT molecular complexity index is 1490. The second-order valence-electron chi connectivity index (χ2n) is 13.2. The Balaban J connectivity index is 1.05. The Kier molecular flexibility index (Phi) is 9.26. The van der Waals surface area contributed by atoms with E-state index in [4.69, 9.17) is 28.4 Å². The van der Waals surface area contributed by atoms with Crippen LogP contribution in [-0.2, 0) is 57.2 Å². The molecule has 0 aromatic heterocycles. The van der Waals surface area contributed by atoms with E-state index in [1.54, 1.807) is 24.3 Å². The van der Waals surface area contributed by atoms with Crippen LogP contribution >= 0.6 is 0 Å². The van der Waals surface area contributed by atoms with E-state index in [0.717, 1.165) is 11.1 Å². The molecule has 2 aliphatic carbocycles. The number of esters is 6. The van der Waals surface area contributed by atoms with Crippen molar-refractivity contribution in [2.75, 3.05) is 0 Å². The number of ether oxygens (including phenoxy) is 6. The van der Waals surface area contributed by atoms with Crippen molar-refractivity contribution in [1.29, 1.82) is 0 Å². The molecule has 0 spiro atoms. The fraction of sp³-hybridized carbons (Fsp3) is 0.500. The van der Waals surface area contributed by atoms with Gasteiger partial charge in [0.1, 0.15) is 36.6 Å². The molecule has 48 heavy (non-hydrogen) atoms. The van der Waals surface area contributed by atoms with Crippen LogP contribution < -0.4 is 0 Å². The van der Waals surface area contributed by atoms with Gasteiger partial charge < -0.3 is 28.4 Å². The fourth-order valence-electron chi connectivity index (χ4n) is 7.18. The number of fused-ring (bicyclic) bond motifs is 4. The molecule has 4 heterocycles. The van der Waals surface area contributed by atoms with Crippen molar-refractivity contribution in [3.8, 4) is 0 Å². The number of hydrogen-bond acceptors (Lipinski definition) is 12. The van der Waals surface area contributed by atoms with Crippen LogP contribution in [0.4, 0.5) is 0 Å². The van der Waals surface area contributed by atoms with Crippen molar-refractivity contribution < 1.29 is 57.2 Å². The molecule has 6 aliphatic rings. The van der Waals surface area contributed by atoms with E-state index in [2.05, 4.69) is 13.2 Å². The van der Waals surface area contributed by atoms with Crippen LogP contribution in [0, 0.1) is 11.8 Å². The van der Waals surface area contributed by atoms with Gasteiger partial charge in [-0.1, -0.05) is 24.3 Å². The highest BCUT2D eigenvalue weighted by Crippen LogP contribution is 2.40. The SMILES string of the molecule is C=C1C(=O)O[C@H]2CC3=C[C@H](C/C(C)=C/[C@@H](OC(=O)CCCCC(=O)O[C@@H]4/C=C(\C)C[C@H]5C=C(C[C@@H]6OC(=O)C(=C)[C@H]64)C(=O)O5)[C@H]12)OC3=O. The molecular formula is C36H38O12. The van der Waals surface area contributed by atoms with Crippen LogP contribution in [0.15, 0.2) is 70.9 Å². The summed E-state index contributed by atoms with van der Waals surface area (Å²) < 4.78 is 33.6. The first-order chi connectivity index (χ1) is 22.9. The van der Waals surface area contributed by atoms with Crippen LogP contribution in [0.1, 0.15) is 65.2 Å². The lowest BCUT2D eigenvalue weighted by atomic mass is 9.85. The summed E-state index contributed by atoms with van der Waals surface area (Å²) in [4.78, 5) is 75.7. The van der Waals surface area contributed by atoms with Gasteiger partial charge in [-0.05, 0) is 51.0 Å². The maximum absolute atomic E-state index is 13.0. The van der Waals surface area contributed by atoms with Crippen LogP contribution in [0.25, 0.3) is 0 Å². The lowest BCUT2D eigenvalue weighted by Gasteiger charge is -2.26. The molecule has 8 atom stereocenters. The van der Waals surface area contributed by atoms with Gasteiger partial charge in [-0.2, -0.15) is 0 Å². The fourth-order valence-corrected chi connectivity index (χ4v) is 7.18. The quantitative estimate of drug-likeness (QED) is 0.128. The molecule has 0 radical (unpaired) electrons. The Hall–Kier alpha value is -4.74. The molecule has 12 nitrogen and oxygen atoms in total. The third kappa shape index (κ3) is 6.93. The Morgan fingerprint density at radius 3 is 1.42 bits per heavy atom. The molecule has 0 saturated carbocycles. The largest absolute Gasteiger partial charge is 0.458 e. The first-order valence-corrected chi connectivity index (χ1v) is 16.2. The normalized spacial score (nSPS) is 34.9. The molecule has 12 heteroatoms. The second-order valence-corrected chi connectivity index (χ2v) is 13.2. The lowest BCUT2D eigenvalue weighted by Crippen LogP contribution is -2.33. The molecule has 0 aromatic rings. The number of carbonyl (C=O) groups excluding carboxylic acids is 6. The summed E-state index contributed by atoms with van der Waals surface area (Å²) in [5.74, 6) is -4.51. The predicted octanol–water partition coefficient (Wildman–Crippen LogP) is 3.75. The molecule has 254 valence electrons. The average Bonchev–Trinajstić information content (AvgIpc) is 3.69. The van der Waals surface area contributed by atoms with Crippen molar-refractivity contribution in [2.24, 2.45) is 11.8 Å². The molecular weight excluding hydrogens is 624 g/mol. The molecule has 2 fully saturated rings. The monoisotopic (exact) mass is 662 g/mol. The number of hydrogen-bond donors (Lipinski definition) is 0. The molecule has 4 aliphatic heterocycles. The molecule has 2 saturated heterocycles. The topological polar surface area (TPSA) is 158 Å². The van der Waals surface area contributed by atoms with Gasteiger partial charge in [-0.3, -0.25) is 9.59 Å². The summed E-state index contributed by atoms with van der Waals surface area (Å²) in [6.07, 6.45) is 4.67. The summed E-state index contributed by atoms with van der Waals surface area (Å²) in [5.41, 5.74) is 2.79. The minimum absolute atomic E-state index is 0.00151. The van der Waals surface area contributed by atoms with Crippen molar-refractivity contribution >= 4 is 35.8 Å². The first kappa shape index (κ1) is 33.2. The third-order valence-corrected chi connectivity index (χ3v) is 9.50. The zero-order valence-electron chi connectivity index (χ0n) is 26.9. The van der Waals surface area contributed by atoms with Crippen molar-refractivity contribution in [3.05, 3.63) is 70.9 Å². The van der Waals surface area contributed by atoms with Crippen molar-refractivity contribution in [2.45, 2.75) is 102 Å². The maximum atomic E-state index is 13.0. The zero-order chi connectivity index (χ0) is 34.3. The summed E-state index contributed by atoms with van der Waals surface area (Å²) in [6, 6.07) is 0. The smallest absolute Gasteiger partial charge is 0.334 e. The molecule has 4 bridgehead atoms. The summed E-state index contributed by atoms with van der Waals surface area (Å²) in [5, 5.41) is 0. The predicted molar refractivity (Wildman–Crippen MR) is 165 cm³/mol. The van der Waals surface area contributed by atoms with E-state index in [9.17, 15) is 28.8 Å². The van der Waals surface area contributed by atoms with Crippen LogP contribution in [0.3, 0.4) is 0 Å². The Morgan fingerprint density at radius 1 is 0.625 bits per heavy atom. The average molecular weight is 663 g/mol. The molecule has 0 amide bonds. The van der Waals surface area contributed by atoms with E-state index >= 15 is 0 Å². The van der Waals surface area contributed by atoms with E-state index in [-0.39, 0.29) is 36.8 Å². The first-order valence-electron chi connectivity index (χ1n) is 16.2. The second kappa shape index (κ2) is 13.4. The van der Waals surface area contributed by atoms with Gasteiger partial charge in [0.15, 0.2) is 0 Å². The van der Waals surface area contributed by atoms with Gasteiger partial charge in [-0.25, -0.2) is 19.2 Å². The Morgan fingerprint density at radius 2 is 1.02 bits per heavy atom. The maximum Gasteiger partial charge on any atom is 0.334 e. The highest BCUT2D eigenvalue weighted by Gasteiger charge is 2.48. The Labute approximate surface area is 277 Å². The minimum Gasteiger partial charge on any atom is -0.458 e. The molecule has 0 aromatic carbocycles. The van der Waals surface area contributed by atoms with Crippen LogP contribution in [0.5, 0.6) is 0 Å². The minimum atomic E-state index is -0.841. The highest BCUT2D eigenvalue weighted by molar-refractivity contribution is 5.94. The summed E-state index contributed by atoms with van der Waals surface area (Å²) in [7, 11) is 0. The third-order valence-electron chi connectivity index (χ3n) is 9.50. The molecule has 0 unspecified atom stereocenters. The highest BCUT2D eigenvalue weighted by atomic mass is 16.6. The van der Waals surface area contributed by atoms with Gasteiger partial charge in [-0.15, -0.1) is 0 Å². The van der Waals surface area contributed by atoms with Gasteiger partial charge in [0, 0.05) is 60.8 Å². The van der Waals surface area contributed by atoms with Crippen molar-refractivity contribution in [1.82, 2.24) is 0 Å². The van der Waals surface area contributed by atoms with Gasteiger partial charge in [0.05, 0.1) is 11.8 Å². The van der Waals surface area contributed by atoms with Gasteiger partial charge >= 0.3 is 35.8 Å². The number of rotatable bonds is 7. The summed E-state index contributed by atoms with van der Waals surface area (Å²) in [6.45, 7) is 11.4. The van der Waals surface area contributed by atoms with Crippen LogP contribution in [-0.4, -0.2) is 72.4 Å². The standard InChI is InChI=1S/C36H38O12/c1-17-9-23-13-21(35(41)43-23)15-27-31(19(3)33(39)47-27)25(11-17)45-29(37)7-5-6-8-30(38)46-26-12-18(2)10-24-14-22(36(42)44-24)16-28-32(26)20(4)34(40)48-28/h11-14,23-28,31-32H,3-10,15-16H2,1-2H3/b17-11+,18-12+/t23-,24-,25+,26+,27-,28-,31-,32-/m0/s1. The number of unbranched alkanes of at least 4 members (excludes halogenated alkanes) is 1. The van der Waals surface area contributed by atoms with E-state index in [1.807, 2.05) is 13.8 Å². The molecule has 0 N–H and O–H groups in total.